The van der Waals surface area contributed by atoms with Gasteiger partial charge in [0.25, 0.3) is 5.69 Å². The third kappa shape index (κ3) is 4.52. The normalized spacial score (nSPS) is 10.7. The monoisotopic (exact) mass is 396 g/mol. The molecule has 9 heteroatoms. The zero-order valence-corrected chi connectivity index (χ0v) is 16.4. The van der Waals surface area contributed by atoms with Crippen LogP contribution >= 0.6 is 0 Å². The highest BCUT2D eigenvalue weighted by atomic mass is 16.6. The van der Waals surface area contributed by atoms with Crippen LogP contribution in [0.1, 0.15) is 12.5 Å². The van der Waals surface area contributed by atoms with Gasteiger partial charge in [-0.1, -0.05) is 18.2 Å². The number of rotatable bonds is 9. The molecular weight excluding hydrogens is 372 g/mol. The topological polar surface area (TPSA) is 116 Å². The van der Waals surface area contributed by atoms with E-state index in [0.717, 1.165) is 11.3 Å². The zero-order chi connectivity index (χ0) is 20.8. The lowest BCUT2D eigenvalue weighted by Gasteiger charge is -2.22. The minimum atomic E-state index is -0.409. The van der Waals surface area contributed by atoms with Gasteiger partial charge in [-0.3, -0.25) is 10.1 Å². The Morgan fingerprint density at radius 2 is 2.00 bits per heavy atom. The maximum atomic E-state index is 11.5. The number of aromatic nitrogens is 2. The first kappa shape index (κ1) is 20.3. The minimum Gasteiger partial charge on any atom is -0.395 e. The van der Waals surface area contributed by atoms with Crippen LogP contribution in [0.5, 0.6) is 0 Å². The summed E-state index contributed by atoms with van der Waals surface area (Å²) < 4.78 is 0. The Morgan fingerprint density at radius 3 is 2.72 bits per heavy atom. The number of fused-ring (bicyclic) bond motifs is 1. The summed E-state index contributed by atoms with van der Waals surface area (Å²) in [7, 11) is 1.92. The summed E-state index contributed by atoms with van der Waals surface area (Å²) in [4.78, 5) is 21.6. The van der Waals surface area contributed by atoms with E-state index in [2.05, 4.69) is 20.6 Å². The molecule has 0 saturated heterocycles. The Hall–Kier alpha value is -3.46. The highest BCUT2D eigenvalue weighted by Crippen LogP contribution is 2.32. The molecule has 0 atom stereocenters. The highest BCUT2D eigenvalue weighted by Gasteiger charge is 2.17. The van der Waals surface area contributed by atoms with Gasteiger partial charge < -0.3 is 20.6 Å². The van der Waals surface area contributed by atoms with Crippen LogP contribution in [0.2, 0.25) is 0 Å². The predicted octanol–water partition coefficient (Wildman–Crippen LogP) is 3.01. The van der Waals surface area contributed by atoms with Crippen LogP contribution < -0.4 is 15.5 Å². The predicted molar refractivity (Wildman–Crippen MR) is 114 cm³/mol. The van der Waals surface area contributed by atoms with Crippen LogP contribution in [0.15, 0.2) is 42.7 Å². The van der Waals surface area contributed by atoms with Gasteiger partial charge >= 0.3 is 0 Å². The molecule has 0 aliphatic heterocycles. The number of aliphatic hydroxyl groups is 1. The molecule has 1 heterocycles. The van der Waals surface area contributed by atoms with E-state index in [9.17, 15) is 15.2 Å². The van der Waals surface area contributed by atoms with Crippen LogP contribution in [-0.4, -0.2) is 46.7 Å². The number of nitro groups is 1. The Balaban J connectivity index is 1.94. The molecule has 0 saturated carbocycles. The van der Waals surface area contributed by atoms with Crippen molar-refractivity contribution in [1.82, 2.24) is 9.97 Å². The lowest BCUT2D eigenvalue weighted by Crippen LogP contribution is -2.22. The molecule has 3 aromatic rings. The fourth-order valence-electron chi connectivity index (χ4n) is 3.20. The fraction of sp³-hybridized carbons (Fsp3) is 0.300. The Morgan fingerprint density at radius 1 is 1.21 bits per heavy atom. The van der Waals surface area contributed by atoms with Crippen LogP contribution in [-0.2, 0) is 6.54 Å². The Kier molecular flexibility index (Phi) is 6.40. The molecule has 0 radical (unpaired) electrons. The molecule has 1 aromatic heterocycles. The molecule has 0 fully saturated rings. The number of hydrogen-bond donors (Lipinski definition) is 3. The van der Waals surface area contributed by atoms with Gasteiger partial charge in [-0.05, 0) is 24.6 Å². The Bertz CT molecular complexity index is 1010. The zero-order valence-electron chi connectivity index (χ0n) is 16.4. The van der Waals surface area contributed by atoms with Gasteiger partial charge in [-0.15, -0.1) is 0 Å². The van der Waals surface area contributed by atoms with E-state index in [4.69, 9.17) is 0 Å². The first-order valence-electron chi connectivity index (χ1n) is 9.36. The second kappa shape index (κ2) is 9.16. The van der Waals surface area contributed by atoms with Gasteiger partial charge in [-0.2, -0.15) is 0 Å². The van der Waals surface area contributed by atoms with Gasteiger partial charge in [0.15, 0.2) is 0 Å². The fourth-order valence-corrected chi connectivity index (χ4v) is 3.20. The van der Waals surface area contributed by atoms with Gasteiger partial charge in [0.2, 0.25) is 0 Å². The average Bonchev–Trinajstić information content (AvgIpc) is 2.72. The Labute approximate surface area is 168 Å². The molecule has 2 aromatic carbocycles. The maximum absolute atomic E-state index is 11.5. The minimum absolute atomic E-state index is 0.0136. The maximum Gasteiger partial charge on any atom is 0.293 e. The second-order valence-electron chi connectivity index (χ2n) is 6.52. The smallest absolute Gasteiger partial charge is 0.293 e. The third-order valence-electron chi connectivity index (χ3n) is 4.60. The van der Waals surface area contributed by atoms with Crippen LogP contribution in [0.4, 0.5) is 22.9 Å². The number of benzene rings is 2. The molecule has 0 aliphatic rings. The van der Waals surface area contributed by atoms with Gasteiger partial charge in [0, 0.05) is 43.8 Å². The third-order valence-corrected chi connectivity index (χ3v) is 4.60. The number of nitro benzene ring substituents is 1. The SMILES string of the molecule is CCNc1cc2ncnc(NCc3ccccc3N(C)CCO)c2cc1[N+](=O)[O-]. The van der Waals surface area contributed by atoms with Gasteiger partial charge in [0.1, 0.15) is 17.8 Å². The van der Waals surface area contributed by atoms with Crippen LogP contribution in [0, 0.1) is 10.1 Å². The van der Waals surface area contributed by atoms with E-state index in [1.165, 1.54) is 12.4 Å². The van der Waals surface area contributed by atoms with Gasteiger partial charge in [0.05, 0.1) is 17.0 Å². The van der Waals surface area contributed by atoms with E-state index in [0.29, 0.717) is 42.0 Å². The number of para-hydroxylation sites is 1. The molecule has 0 bridgehead atoms. The lowest BCUT2D eigenvalue weighted by molar-refractivity contribution is -0.383. The van der Waals surface area contributed by atoms with Crippen molar-refractivity contribution in [2.45, 2.75) is 13.5 Å². The quantitative estimate of drug-likeness (QED) is 0.373. The van der Waals surface area contributed by atoms with Crippen molar-refractivity contribution in [3.8, 4) is 0 Å². The molecule has 9 nitrogen and oxygen atoms in total. The van der Waals surface area contributed by atoms with Crippen molar-refractivity contribution in [1.29, 1.82) is 0 Å². The molecular formula is C20H24N6O3. The molecule has 152 valence electrons. The van der Waals surface area contributed by atoms with E-state index < -0.39 is 4.92 Å². The first-order valence-corrected chi connectivity index (χ1v) is 9.36. The molecule has 0 unspecified atom stereocenters. The average molecular weight is 396 g/mol. The largest absolute Gasteiger partial charge is 0.395 e. The number of nitrogens with zero attached hydrogens (tertiary/aromatic N) is 4. The van der Waals surface area contributed by atoms with Crippen molar-refractivity contribution in [3.63, 3.8) is 0 Å². The van der Waals surface area contributed by atoms with E-state index in [1.807, 2.05) is 43.1 Å². The lowest BCUT2D eigenvalue weighted by atomic mass is 10.1. The molecule has 0 amide bonds. The summed E-state index contributed by atoms with van der Waals surface area (Å²) >= 11 is 0. The standard InChI is InChI=1S/C20H24N6O3/c1-3-21-17-11-16-15(10-19(17)26(28)29)20(24-13-23-16)22-12-14-6-4-5-7-18(14)25(2)8-9-27/h4-7,10-11,13,21,27H,3,8-9,12H2,1-2H3,(H,22,23,24). The second-order valence-corrected chi connectivity index (χ2v) is 6.52. The van der Waals surface area contributed by atoms with E-state index in [1.54, 1.807) is 6.07 Å². The van der Waals surface area contributed by atoms with Crippen molar-refractivity contribution < 1.29 is 10.0 Å². The summed E-state index contributed by atoms with van der Waals surface area (Å²) in [5.74, 6) is 0.528. The van der Waals surface area contributed by atoms with Crippen molar-refractivity contribution in [2.24, 2.45) is 0 Å². The summed E-state index contributed by atoms with van der Waals surface area (Å²) in [5.41, 5.74) is 3.06. The van der Waals surface area contributed by atoms with Crippen molar-refractivity contribution >= 4 is 33.8 Å². The number of aliphatic hydroxyl groups excluding tert-OH is 1. The van der Waals surface area contributed by atoms with Crippen molar-refractivity contribution in [2.75, 3.05) is 42.3 Å². The molecule has 29 heavy (non-hydrogen) atoms. The summed E-state index contributed by atoms with van der Waals surface area (Å²) in [6.45, 7) is 3.51. The molecule has 3 rings (SSSR count). The highest BCUT2D eigenvalue weighted by molar-refractivity contribution is 5.94. The van der Waals surface area contributed by atoms with Crippen LogP contribution in [0.25, 0.3) is 10.9 Å². The van der Waals surface area contributed by atoms with E-state index >= 15 is 0 Å². The van der Waals surface area contributed by atoms with Crippen LogP contribution in [0.3, 0.4) is 0 Å². The van der Waals surface area contributed by atoms with Gasteiger partial charge in [-0.25, -0.2) is 9.97 Å². The number of hydrogen-bond acceptors (Lipinski definition) is 8. The molecule has 0 aliphatic carbocycles. The molecule has 0 spiro atoms. The summed E-state index contributed by atoms with van der Waals surface area (Å²) in [6, 6.07) is 11.0. The summed E-state index contributed by atoms with van der Waals surface area (Å²) in [5, 5.41) is 27.6. The first-order chi connectivity index (χ1) is 14.0. The number of nitrogens with one attached hydrogen (secondary N) is 2. The number of anilines is 3. The van der Waals surface area contributed by atoms with E-state index in [-0.39, 0.29) is 12.3 Å². The van der Waals surface area contributed by atoms with Crippen molar-refractivity contribution in [3.05, 3.63) is 58.4 Å². The summed E-state index contributed by atoms with van der Waals surface area (Å²) in [6.07, 6.45) is 1.44. The molecule has 3 N–H and O–H groups in total. The number of likely N-dealkylation sites (N-methyl/N-ethyl adjacent to an activating group) is 1.